The lowest BCUT2D eigenvalue weighted by atomic mass is 9.64. The molecule has 1 saturated heterocycles. The van der Waals surface area contributed by atoms with Gasteiger partial charge in [-0.3, -0.25) is 28.5 Å². The summed E-state index contributed by atoms with van der Waals surface area (Å²) in [6, 6.07) is 15.6. The van der Waals surface area contributed by atoms with Gasteiger partial charge in [-0.2, -0.15) is 4.98 Å². The molecule has 1 unspecified atom stereocenters. The smallest absolute Gasteiger partial charge is 0.387 e. The summed E-state index contributed by atoms with van der Waals surface area (Å²) in [6.45, 7) is 17.9. The van der Waals surface area contributed by atoms with Crippen molar-refractivity contribution in [1.29, 1.82) is 0 Å². The summed E-state index contributed by atoms with van der Waals surface area (Å²) in [7, 11) is -3.07. The Morgan fingerprint density at radius 2 is 1.72 bits per heavy atom. The first-order valence-electron chi connectivity index (χ1n) is 28.2. The van der Waals surface area contributed by atoms with Crippen LogP contribution < -0.4 is 42.0 Å². The minimum atomic E-state index is -4.91. The highest BCUT2D eigenvalue weighted by molar-refractivity contribution is 7.46. The molecule has 1 aliphatic carbocycles. The number of anilines is 3. The van der Waals surface area contributed by atoms with Crippen molar-refractivity contribution in [2.75, 3.05) is 68.9 Å². The molecule has 0 saturated carbocycles. The molecule has 5 aromatic rings. The molecule has 2 amide bonds. The molecule has 0 bridgehead atoms. The first-order chi connectivity index (χ1) is 37.6. The van der Waals surface area contributed by atoms with Gasteiger partial charge in [0, 0.05) is 85.8 Å². The normalized spacial score (nSPS) is 21.8. The molecule has 10 rings (SSSR count). The Morgan fingerprint density at radius 3 is 2.47 bits per heavy atom. The number of nitrogen functional groups attached to an aromatic ring is 1. The highest BCUT2D eigenvalue weighted by Crippen LogP contribution is 2.50. The van der Waals surface area contributed by atoms with Crippen LogP contribution in [-0.2, 0) is 36.9 Å². The van der Waals surface area contributed by atoms with Crippen LogP contribution in [0.15, 0.2) is 47.3 Å². The van der Waals surface area contributed by atoms with Crippen molar-refractivity contribution < 1.29 is 43.4 Å². The molecule has 0 spiro atoms. The number of benzene rings is 3. The minimum Gasteiger partial charge on any atom is -0.387 e. The number of rotatable bonds is 19. The number of unbranched alkanes of at least 4 members (excludes halogenated alkanes) is 3. The number of nitrogens with two attached hydrogens (primary N) is 1. The van der Waals surface area contributed by atoms with Crippen LogP contribution in [0.4, 0.5) is 17.6 Å². The van der Waals surface area contributed by atoms with Crippen LogP contribution in [0.2, 0.25) is 0 Å². The average molecular weight is 1110 g/mol. The van der Waals surface area contributed by atoms with Crippen LogP contribution >= 0.6 is 7.82 Å². The number of aliphatic hydroxyl groups excluding tert-OH is 2. The standard InChI is InChI=1S/C58H77N10O10P/c1-8-67-42-30-41-39(29-38(42)33(2)31-57(67,3)4)45(40-28-34-18-15-26-66-27-16-21-37(48(34)66)46(40)58(41,5)6)35-19-11-12-20-36(35)53(73)65(7)25-17-22-44(69)60-23-13-9-10-14-24-61-56-62-47-51(63-55(59)64-52(47)72)68(56)54-50(71)49(70)43(78-54)32-77-79(74,75)76/h11-12,19-20,28-30,33,43,49-50,54,70-71H,8-10,13-18,21-27,31-32H2,1-7H3,(H6,59,60,64,69,72,73,74,75,76)/p+1/t33?,43-,49-,50-,54-/m1/s1. The Kier molecular flexibility index (Phi) is 15.8. The number of aryl methyl sites for hydroxylation is 1. The van der Waals surface area contributed by atoms with Crippen molar-refractivity contribution in [2.24, 2.45) is 0 Å². The van der Waals surface area contributed by atoms with E-state index in [1.54, 1.807) is 4.90 Å². The van der Waals surface area contributed by atoms with Crippen LogP contribution in [0.1, 0.15) is 161 Å². The van der Waals surface area contributed by atoms with Crippen molar-refractivity contribution in [1.82, 2.24) is 34.3 Å². The molecule has 2 aromatic heterocycles. The Labute approximate surface area is 460 Å². The molecule has 21 heteroatoms. The highest BCUT2D eigenvalue weighted by Gasteiger charge is 2.47. The van der Waals surface area contributed by atoms with Gasteiger partial charge in [0.1, 0.15) is 31.4 Å². The molecule has 5 atom stereocenters. The number of nitrogens with one attached hydrogen (secondary N) is 3. The summed E-state index contributed by atoms with van der Waals surface area (Å²) in [4.78, 5) is 74.3. The van der Waals surface area contributed by atoms with E-state index >= 15 is 0 Å². The summed E-state index contributed by atoms with van der Waals surface area (Å²) < 4.78 is 25.5. The fourth-order valence-corrected chi connectivity index (χ4v) is 13.9. The van der Waals surface area contributed by atoms with E-state index in [2.05, 4.69) is 111 Å². The van der Waals surface area contributed by atoms with Crippen molar-refractivity contribution in [3.63, 3.8) is 0 Å². The summed E-state index contributed by atoms with van der Waals surface area (Å²) in [6.07, 6.45) is 3.26. The lowest BCUT2D eigenvalue weighted by Gasteiger charge is -2.48. The second-order valence-electron chi connectivity index (χ2n) is 23.4. The van der Waals surface area contributed by atoms with Gasteiger partial charge >= 0.3 is 7.82 Å². The first kappa shape index (κ1) is 56.3. The number of fused-ring (bicyclic) bond motifs is 5. The monoisotopic (exact) mass is 1110 g/mol. The van der Waals surface area contributed by atoms with Crippen molar-refractivity contribution >= 4 is 54.0 Å². The van der Waals surface area contributed by atoms with E-state index in [1.165, 1.54) is 54.2 Å². The molecule has 79 heavy (non-hydrogen) atoms. The maximum absolute atomic E-state index is 14.8. The van der Waals surface area contributed by atoms with E-state index in [0.717, 1.165) is 82.1 Å². The highest BCUT2D eigenvalue weighted by atomic mass is 31.2. The zero-order chi connectivity index (χ0) is 56.3. The van der Waals surface area contributed by atoms with E-state index in [4.69, 9.17) is 20.3 Å². The van der Waals surface area contributed by atoms with Gasteiger partial charge in [-0.25, -0.2) is 14.1 Å². The molecular formula is C58H78N10O10P+. The molecule has 9 N–H and O–H groups in total. The lowest BCUT2D eigenvalue weighted by Crippen LogP contribution is -2.50. The number of ether oxygens (including phenoxy) is 1. The summed E-state index contributed by atoms with van der Waals surface area (Å²) >= 11 is 0. The topological polar surface area (TPSA) is 274 Å². The van der Waals surface area contributed by atoms with Crippen molar-refractivity contribution in [3.8, 4) is 0 Å². The van der Waals surface area contributed by atoms with Crippen LogP contribution in [0, 0.1) is 0 Å². The predicted octanol–water partition coefficient (Wildman–Crippen LogP) is 4.45. The number of carbonyl (C=O) groups is 2. The number of H-pyrrole nitrogens is 1. The third kappa shape index (κ3) is 10.8. The van der Waals surface area contributed by atoms with Gasteiger partial charge in [0.15, 0.2) is 17.4 Å². The summed E-state index contributed by atoms with van der Waals surface area (Å²) in [5.41, 5.74) is 17.0. The van der Waals surface area contributed by atoms with Crippen LogP contribution in [0.3, 0.4) is 0 Å². The van der Waals surface area contributed by atoms with E-state index in [1.807, 2.05) is 19.2 Å². The van der Waals surface area contributed by atoms with Crippen molar-refractivity contribution in [2.45, 2.75) is 154 Å². The van der Waals surface area contributed by atoms with E-state index in [9.17, 15) is 29.2 Å². The quantitative estimate of drug-likeness (QED) is 0.0322. The minimum absolute atomic E-state index is 0.0171. The van der Waals surface area contributed by atoms with E-state index < -0.39 is 44.5 Å². The number of hydrogen-bond donors (Lipinski definition) is 8. The summed E-state index contributed by atoms with van der Waals surface area (Å²) in [5, 5.41) is 30.5. The number of aromatic nitrogens is 4. The zero-order valence-corrected chi connectivity index (χ0v) is 47.5. The van der Waals surface area contributed by atoms with Crippen LogP contribution in [0.5, 0.6) is 0 Å². The number of hydrogen-bond acceptors (Lipinski definition) is 13. The van der Waals surface area contributed by atoms with Gasteiger partial charge in [0.2, 0.25) is 23.2 Å². The Bertz CT molecular complexity index is 3440. The fraction of sp³-hybridized carbons (Fsp3) is 0.552. The SMILES string of the molecule is CCN1c2cc3c(cc2C(C)CC1(C)C)C(c1ccccc1C(=O)N(C)CCCC(=O)NCCCCCCNc1nc2c(=O)[nH]c(N)nc2n1[C@@H]1O[C@H](COP(=O)(O)O)[C@@H](O)[C@H]1O)=c1cc2c4c(c1C3(C)C)CCC[N+]=4CCC2. The predicted molar refractivity (Wildman–Crippen MR) is 303 cm³/mol. The van der Waals surface area contributed by atoms with Gasteiger partial charge < -0.3 is 50.9 Å². The molecule has 20 nitrogen and oxygen atoms in total. The Balaban J connectivity index is 0.780. The number of nitrogens with zero attached hydrogens (tertiary/aromatic N) is 6. The number of imidazole rings is 1. The third-order valence-electron chi connectivity index (χ3n) is 17.2. The number of aromatic amines is 1. The number of amides is 2. The van der Waals surface area contributed by atoms with Crippen LogP contribution in [-0.4, -0.2) is 133 Å². The zero-order valence-electron chi connectivity index (χ0n) is 46.6. The molecule has 0 radical (unpaired) electrons. The average Bonchev–Trinajstić information content (AvgIpc) is 3.07. The largest absolute Gasteiger partial charge is 0.469 e. The molecule has 6 heterocycles. The van der Waals surface area contributed by atoms with Crippen molar-refractivity contribution in [3.05, 3.63) is 108 Å². The van der Waals surface area contributed by atoms with E-state index in [0.29, 0.717) is 44.0 Å². The second kappa shape index (κ2) is 22.2. The number of phosphoric ester groups is 1. The molecule has 5 aliphatic rings. The molecular weight excluding hydrogens is 1030 g/mol. The fourth-order valence-electron chi connectivity index (χ4n) is 13.6. The van der Waals surface area contributed by atoms with E-state index in [-0.39, 0.29) is 52.2 Å². The third-order valence-corrected chi connectivity index (χ3v) is 17.6. The first-order valence-corrected chi connectivity index (χ1v) is 29.7. The van der Waals surface area contributed by atoms with Gasteiger partial charge in [-0.05, 0) is 128 Å². The van der Waals surface area contributed by atoms with Crippen LogP contribution in [0.25, 0.3) is 16.7 Å². The maximum Gasteiger partial charge on any atom is 0.469 e. The molecule has 3 aromatic carbocycles. The molecule has 4 aliphatic heterocycles. The molecule has 424 valence electrons. The van der Waals surface area contributed by atoms with Gasteiger partial charge in [0.25, 0.3) is 11.5 Å². The summed E-state index contributed by atoms with van der Waals surface area (Å²) in [5.74, 6) is 0.0828. The van der Waals surface area contributed by atoms with Gasteiger partial charge in [-0.15, -0.1) is 0 Å². The maximum atomic E-state index is 14.8. The lowest BCUT2D eigenvalue weighted by molar-refractivity contribution is -0.121. The Morgan fingerprint density at radius 1 is 0.987 bits per heavy atom. The van der Waals surface area contributed by atoms with Gasteiger partial charge in [0.05, 0.1) is 6.61 Å². The molecule has 1 fully saturated rings. The number of aliphatic hydroxyl groups is 2. The second-order valence-corrected chi connectivity index (χ2v) is 24.7. The number of phosphoric acid groups is 1. The van der Waals surface area contributed by atoms with Gasteiger partial charge in [-0.1, -0.05) is 51.8 Å². The number of carbonyl (C=O) groups excluding carboxylic acids is 2. The Hall–Kier alpha value is -5.99.